The van der Waals surface area contributed by atoms with E-state index < -0.39 is 0 Å². The number of anilines is 1. The predicted molar refractivity (Wildman–Crippen MR) is 122 cm³/mol. The van der Waals surface area contributed by atoms with Gasteiger partial charge in [0.05, 0.1) is 24.8 Å². The van der Waals surface area contributed by atoms with E-state index in [2.05, 4.69) is 15.2 Å². The van der Waals surface area contributed by atoms with Crippen molar-refractivity contribution in [3.05, 3.63) is 16.7 Å². The van der Waals surface area contributed by atoms with Gasteiger partial charge in [-0.1, -0.05) is 11.6 Å². The van der Waals surface area contributed by atoms with Gasteiger partial charge in [-0.25, -0.2) is 4.79 Å². The molecule has 3 amide bonds. The highest BCUT2D eigenvalue weighted by atomic mass is 35.5. The molecule has 11 heteroatoms. The summed E-state index contributed by atoms with van der Waals surface area (Å²) in [6, 6.07) is 1.54. The first-order valence-corrected chi connectivity index (χ1v) is 11.2. The molecule has 1 atom stereocenters. The Labute approximate surface area is 194 Å². The highest BCUT2D eigenvalue weighted by Crippen LogP contribution is 2.25. The number of ether oxygens (including phenoxy) is 2. The Kier molecular flexibility index (Phi) is 8.38. The lowest BCUT2D eigenvalue weighted by Gasteiger charge is -2.38. The first kappa shape index (κ1) is 24.3. The summed E-state index contributed by atoms with van der Waals surface area (Å²) in [6.45, 7) is 5.18. The van der Waals surface area contributed by atoms with Crippen molar-refractivity contribution < 1.29 is 19.1 Å². The summed E-state index contributed by atoms with van der Waals surface area (Å²) in [5, 5.41) is 3.09. The van der Waals surface area contributed by atoms with Gasteiger partial charge in [-0.15, -0.1) is 0 Å². The number of nitrogen functional groups attached to an aromatic ring is 1. The van der Waals surface area contributed by atoms with Gasteiger partial charge in [0, 0.05) is 53.4 Å². The van der Waals surface area contributed by atoms with E-state index in [1.165, 1.54) is 13.2 Å². The first-order valence-electron chi connectivity index (χ1n) is 10.9. The zero-order valence-corrected chi connectivity index (χ0v) is 19.7. The van der Waals surface area contributed by atoms with Gasteiger partial charge in [0.2, 0.25) is 5.88 Å². The minimum Gasteiger partial charge on any atom is -0.480 e. The number of hydrogen-bond donors (Lipinski definition) is 2. The fraction of sp³-hybridized carbons (Fsp3) is 0.667. The zero-order valence-electron chi connectivity index (χ0n) is 19.0. The highest BCUT2D eigenvalue weighted by Gasteiger charge is 2.28. The molecule has 1 unspecified atom stereocenters. The summed E-state index contributed by atoms with van der Waals surface area (Å²) >= 11 is 6.01. The number of pyridine rings is 1. The van der Waals surface area contributed by atoms with E-state index in [1.54, 1.807) is 19.0 Å². The number of piperidine rings is 1. The molecular weight excluding hydrogens is 436 g/mol. The van der Waals surface area contributed by atoms with E-state index in [9.17, 15) is 9.59 Å². The smallest absolute Gasteiger partial charge is 0.319 e. The van der Waals surface area contributed by atoms with Crippen LogP contribution in [0.2, 0.25) is 5.02 Å². The second-order valence-corrected chi connectivity index (χ2v) is 8.89. The van der Waals surface area contributed by atoms with Crippen LogP contribution in [-0.2, 0) is 4.74 Å². The van der Waals surface area contributed by atoms with Gasteiger partial charge < -0.3 is 30.3 Å². The number of carbonyl (C=O) groups is 2. The Balaban J connectivity index is 1.46. The zero-order chi connectivity index (χ0) is 23.3. The van der Waals surface area contributed by atoms with Crippen molar-refractivity contribution in [3.63, 3.8) is 0 Å². The predicted octanol–water partition coefficient (Wildman–Crippen LogP) is 1.15. The molecule has 1 aromatic heterocycles. The molecule has 0 saturated carbocycles. The highest BCUT2D eigenvalue weighted by molar-refractivity contribution is 6.33. The van der Waals surface area contributed by atoms with Crippen LogP contribution in [0.1, 0.15) is 23.2 Å². The topological polar surface area (TPSA) is 113 Å². The Morgan fingerprint density at radius 2 is 2.06 bits per heavy atom. The fourth-order valence-electron chi connectivity index (χ4n) is 4.13. The van der Waals surface area contributed by atoms with Crippen molar-refractivity contribution in [3.8, 4) is 5.88 Å². The van der Waals surface area contributed by atoms with Crippen molar-refractivity contribution in [2.24, 2.45) is 5.92 Å². The molecule has 178 valence electrons. The van der Waals surface area contributed by atoms with Gasteiger partial charge >= 0.3 is 6.03 Å². The molecule has 3 rings (SSSR count). The molecule has 3 heterocycles. The van der Waals surface area contributed by atoms with E-state index in [0.29, 0.717) is 19.1 Å². The first-order chi connectivity index (χ1) is 15.3. The minimum atomic E-state index is -0.338. The molecule has 0 aliphatic carbocycles. The number of halogens is 1. The normalized spacial score (nSPS) is 20.1. The molecule has 2 aliphatic rings. The van der Waals surface area contributed by atoms with Crippen LogP contribution in [-0.4, -0.2) is 105 Å². The molecule has 2 saturated heterocycles. The summed E-state index contributed by atoms with van der Waals surface area (Å²) in [7, 11) is 5.00. The van der Waals surface area contributed by atoms with Crippen molar-refractivity contribution in [2.75, 3.05) is 72.8 Å². The van der Waals surface area contributed by atoms with Gasteiger partial charge in [-0.05, 0) is 24.8 Å². The van der Waals surface area contributed by atoms with Crippen LogP contribution < -0.4 is 15.8 Å². The molecule has 2 aliphatic heterocycles. The third-order valence-corrected chi connectivity index (χ3v) is 6.21. The largest absolute Gasteiger partial charge is 0.480 e. The molecule has 0 aromatic carbocycles. The Hall–Kier alpha value is -2.30. The Bertz CT molecular complexity index is 816. The van der Waals surface area contributed by atoms with E-state index in [1.807, 2.05) is 4.90 Å². The molecule has 10 nitrogen and oxygen atoms in total. The number of methoxy groups -OCH3 is 1. The number of hydrogen-bond acceptors (Lipinski definition) is 7. The maximum absolute atomic E-state index is 12.6. The molecule has 32 heavy (non-hydrogen) atoms. The average Bonchev–Trinajstić information content (AvgIpc) is 2.79. The number of morpholine rings is 1. The summed E-state index contributed by atoms with van der Waals surface area (Å²) < 4.78 is 11.0. The maximum Gasteiger partial charge on any atom is 0.319 e. The molecular formula is C21H33ClN6O4. The molecule has 2 fully saturated rings. The van der Waals surface area contributed by atoms with Crippen LogP contribution in [0, 0.1) is 5.92 Å². The minimum absolute atomic E-state index is 0.0832. The molecule has 3 N–H and O–H groups in total. The van der Waals surface area contributed by atoms with E-state index >= 15 is 0 Å². The summed E-state index contributed by atoms with van der Waals surface area (Å²) in [5.41, 5.74) is 5.92. The third-order valence-electron chi connectivity index (χ3n) is 5.90. The van der Waals surface area contributed by atoms with Crippen LogP contribution in [0.4, 0.5) is 10.6 Å². The number of likely N-dealkylation sites (tertiary alicyclic amines) is 1. The number of urea groups is 1. The fourth-order valence-corrected chi connectivity index (χ4v) is 4.28. The van der Waals surface area contributed by atoms with Crippen LogP contribution >= 0.6 is 11.6 Å². The number of rotatable bonds is 6. The lowest BCUT2D eigenvalue weighted by molar-refractivity contribution is -0.0331. The standard InChI is InChI=1S/C21H33ClN6O4/c1-26(2)21(30)28-6-4-14(5-7-28)12-27-8-9-32-15(13-27)11-24-19(29)16-10-17(22)18(23)25-20(16)31-3/h10,14-15H,4-9,11-13H2,1-3H3,(H2,23,25)(H,24,29). The van der Waals surface area contributed by atoms with Crippen LogP contribution in [0.25, 0.3) is 0 Å². The van der Waals surface area contributed by atoms with E-state index in [4.69, 9.17) is 26.8 Å². The molecule has 0 spiro atoms. The number of nitrogens with zero attached hydrogens (tertiary/aromatic N) is 4. The lowest BCUT2D eigenvalue weighted by Crippen LogP contribution is -2.50. The van der Waals surface area contributed by atoms with Gasteiger partial charge in [-0.3, -0.25) is 9.69 Å². The van der Waals surface area contributed by atoms with Crippen molar-refractivity contribution >= 4 is 29.4 Å². The summed E-state index contributed by atoms with van der Waals surface area (Å²) in [6.07, 6.45) is 1.90. The molecule has 1 aromatic rings. The maximum atomic E-state index is 12.6. The van der Waals surface area contributed by atoms with Crippen molar-refractivity contribution in [1.29, 1.82) is 0 Å². The summed E-state index contributed by atoms with van der Waals surface area (Å²) in [5.74, 6) is 0.467. The van der Waals surface area contributed by atoms with Gasteiger partial charge in [0.25, 0.3) is 5.91 Å². The number of amides is 3. The van der Waals surface area contributed by atoms with Crippen LogP contribution in [0.5, 0.6) is 5.88 Å². The van der Waals surface area contributed by atoms with Gasteiger partial charge in [-0.2, -0.15) is 4.98 Å². The second-order valence-electron chi connectivity index (χ2n) is 8.48. The molecule has 0 bridgehead atoms. The van der Waals surface area contributed by atoms with Crippen LogP contribution in [0.15, 0.2) is 6.07 Å². The molecule has 0 radical (unpaired) electrons. The number of nitrogens with two attached hydrogens (primary N) is 1. The van der Waals surface area contributed by atoms with Gasteiger partial charge in [0.15, 0.2) is 0 Å². The lowest BCUT2D eigenvalue weighted by atomic mass is 9.96. The number of aromatic nitrogens is 1. The second kappa shape index (κ2) is 11.0. The van der Waals surface area contributed by atoms with Crippen molar-refractivity contribution in [2.45, 2.75) is 18.9 Å². The summed E-state index contributed by atoms with van der Waals surface area (Å²) in [4.78, 5) is 34.7. The Morgan fingerprint density at radius 3 is 2.72 bits per heavy atom. The Morgan fingerprint density at radius 1 is 1.34 bits per heavy atom. The monoisotopic (exact) mass is 468 g/mol. The van der Waals surface area contributed by atoms with Gasteiger partial charge in [0.1, 0.15) is 11.4 Å². The number of nitrogens with one attached hydrogen (secondary N) is 1. The quantitative estimate of drug-likeness (QED) is 0.643. The third kappa shape index (κ3) is 6.14. The van der Waals surface area contributed by atoms with E-state index in [0.717, 1.165) is 45.6 Å². The SMILES string of the molecule is COc1nc(N)c(Cl)cc1C(=O)NCC1CN(CC2CCN(C(=O)N(C)C)CC2)CCO1. The van der Waals surface area contributed by atoms with E-state index in [-0.39, 0.29) is 40.3 Å². The van der Waals surface area contributed by atoms with Crippen molar-refractivity contribution in [1.82, 2.24) is 25.0 Å². The number of carbonyl (C=O) groups excluding carboxylic acids is 2. The van der Waals surface area contributed by atoms with Crippen LogP contribution in [0.3, 0.4) is 0 Å². The average molecular weight is 469 g/mol.